The summed E-state index contributed by atoms with van der Waals surface area (Å²) in [5.74, 6) is 0.367. The number of hydrogen-bond donors (Lipinski definition) is 9. The SMILES string of the molecule is CCCN(CCC(N)C(=O)O)CC(COC)CC(O)N(C)c1ncnc(N)c1N.CO.Nc1ncnc2c1ncn2C1OC(CSC2CCNC2)C(N=O)C1O. The van der Waals surface area contributed by atoms with Gasteiger partial charge in [0, 0.05) is 51.9 Å². The number of nitrogens with zero attached hydrogens (tertiary/aromatic N) is 9. The Morgan fingerprint density at radius 3 is 2.52 bits per heavy atom. The average molecular weight is 811 g/mol. The lowest BCUT2D eigenvalue weighted by Crippen LogP contribution is -2.41. The van der Waals surface area contributed by atoms with E-state index < -0.39 is 42.7 Å². The molecule has 5 rings (SSSR count). The summed E-state index contributed by atoms with van der Waals surface area (Å²) in [6.45, 7) is 6.45. The van der Waals surface area contributed by atoms with Gasteiger partial charge >= 0.3 is 5.97 Å². The van der Waals surface area contributed by atoms with Crippen molar-refractivity contribution in [2.45, 2.75) is 74.6 Å². The van der Waals surface area contributed by atoms with Gasteiger partial charge in [0.2, 0.25) is 0 Å². The number of fused-ring (bicyclic) bond motifs is 1. The molecule has 22 nitrogen and oxygen atoms in total. The van der Waals surface area contributed by atoms with Gasteiger partial charge in [-0.05, 0) is 44.7 Å². The molecular weight excluding hydrogens is 753 g/mol. The van der Waals surface area contributed by atoms with Crippen LogP contribution in [0.4, 0.5) is 23.1 Å². The van der Waals surface area contributed by atoms with E-state index in [4.69, 9.17) is 42.6 Å². The van der Waals surface area contributed by atoms with Crippen molar-refractivity contribution in [1.82, 2.24) is 39.7 Å². The summed E-state index contributed by atoms with van der Waals surface area (Å²) < 4.78 is 12.9. The number of nitrogens with one attached hydrogen (secondary N) is 1. The zero-order valence-corrected chi connectivity index (χ0v) is 33.1. The maximum absolute atomic E-state index is 11.3. The lowest BCUT2D eigenvalue weighted by atomic mass is 10.0. The van der Waals surface area contributed by atoms with E-state index in [9.17, 15) is 19.9 Å². The summed E-state index contributed by atoms with van der Waals surface area (Å²) >= 11 is 1.74. The molecule has 0 aliphatic carbocycles. The van der Waals surface area contributed by atoms with Crippen molar-refractivity contribution in [3.05, 3.63) is 23.9 Å². The zero-order valence-electron chi connectivity index (χ0n) is 32.3. The fourth-order valence-electron chi connectivity index (χ4n) is 6.41. The van der Waals surface area contributed by atoms with Gasteiger partial charge in [-0.15, -0.1) is 0 Å². The van der Waals surface area contributed by atoms with Crippen LogP contribution < -0.4 is 33.2 Å². The Labute approximate surface area is 329 Å². The second kappa shape index (κ2) is 23.2. The van der Waals surface area contributed by atoms with E-state index in [1.54, 1.807) is 35.4 Å². The Kier molecular flexibility index (Phi) is 19.2. The number of nitrogen functional groups attached to an aromatic ring is 3. The number of anilines is 4. The Morgan fingerprint density at radius 1 is 1.16 bits per heavy atom. The van der Waals surface area contributed by atoms with Gasteiger partial charge in [-0.3, -0.25) is 9.36 Å². The Morgan fingerprint density at radius 2 is 1.88 bits per heavy atom. The molecule has 8 unspecified atom stereocenters. The molecule has 23 heteroatoms. The third-order valence-electron chi connectivity index (χ3n) is 9.38. The minimum Gasteiger partial charge on any atom is -0.480 e. The molecule has 0 aromatic carbocycles. The molecule has 13 N–H and O–H groups in total. The summed E-state index contributed by atoms with van der Waals surface area (Å²) in [7, 11) is 4.29. The molecule has 0 bridgehead atoms. The number of hydrogen-bond acceptors (Lipinski definition) is 21. The minimum atomic E-state index is -1.07. The molecule has 2 saturated heterocycles. The molecule has 0 amide bonds. The molecule has 2 aliphatic heterocycles. The number of thioether (sulfide) groups is 1. The van der Waals surface area contributed by atoms with Gasteiger partial charge < -0.3 is 68.0 Å². The molecule has 8 atom stereocenters. The van der Waals surface area contributed by atoms with Gasteiger partial charge in [-0.2, -0.15) is 16.7 Å². The molecule has 314 valence electrons. The van der Waals surface area contributed by atoms with Gasteiger partial charge in [-0.25, -0.2) is 24.9 Å². The second-order valence-electron chi connectivity index (χ2n) is 13.4. The highest BCUT2D eigenvalue weighted by Gasteiger charge is 2.46. The van der Waals surface area contributed by atoms with Crippen LogP contribution in [0.1, 0.15) is 38.8 Å². The van der Waals surface area contributed by atoms with E-state index in [0.29, 0.717) is 60.5 Å². The summed E-state index contributed by atoms with van der Waals surface area (Å²) in [6.07, 6.45) is 3.70. The number of carboxylic acid groups (broad SMARTS) is 1. The largest absolute Gasteiger partial charge is 0.480 e. The van der Waals surface area contributed by atoms with Gasteiger partial charge in [0.05, 0.1) is 19.0 Å². The molecule has 2 aliphatic rings. The third-order valence-corrected chi connectivity index (χ3v) is 10.8. The number of aliphatic hydroxyl groups is 3. The number of methoxy groups -OCH3 is 1. The second-order valence-corrected chi connectivity index (χ2v) is 14.7. The Hall–Kier alpha value is -4.07. The predicted octanol–water partition coefficient (Wildman–Crippen LogP) is -0.932. The quantitative estimate of drug-likeness (QED) is 0.0521. The van der Waals surface area contributed by atoms with Crippen LogP contribution in [0.2, 0.25) is 0 Å². The van der Waals surface area contributed by atoms with Gasteiger partial charge in [-0.1, -0.05) is 12.1 Å². The van der Waals surface area contributed by atoms with E-state index in [1.807, 2.05) is 0 Å². The van der Waals surface area contributed by atoms with Gasteiger partial charge in [0.25, 0.3) is 0 Å². The van der Waals surface area contributed by atoms with E-state index in [-0.39, 0.29) is 23.2 Å². The molecule has 0 saturated carbocycles. The Balaban J connectivity index is 0.000000289. The van der Waals surface area contributed by atoms with Crippen LogP contribution in [0.5, 0.6) is 0 Å². The summed E-state index contributed by atoms with van der Waals surface area (Å²) in [4.78, 5) is 46.1. The molecule has 56 heavy (non-hydrogen) atoms. The lowest BCUT2D eigenvalue weighted by molar-refractivity contribution is -0.138. The highest BCUT2D eigenvalue weighted by atomic mass is 32.2. The fraction of sp³-hybridized carbons (Fsp3) is 0.697. The van der Waals surface area contributed by atoms with E-state index in [1.165, 1.54) is 19.0 Å². The topological polar surface area (TPSA) is 338 Å². The summed E-state index contributed by atoms with van der Waals surface area (Å²) in [6, 6.07) is -1.72. The zero-order chi connectivity index (χ0) is 41.4. The monoisotopic (exact) mass is 810 g/mol. The number of rotatable bonds is 19. The van der Waals surface area contributed by atoms with Crippen molar-refractivity contribution in [2.75, 3.05) is 88.5 Å². The number of aliphatic carboxylic acids is 1. The number of carbonyl (C=O) groups is 1. The van der Waals surface area contributed by atoms with E-state index in [0.717, 1.165) is 39.6 Å². The van der Waals surface area contributed by atoms with Crippen LogP contribution in [-0.2, 0) is 14.3 Å². The molecule has 5 heterocycles. The van der Waals surface area contributed by atoms with Crippen LogP contribution in [0, 0.1) is 10.8 Å². The van der Waals surface area contributed by atoms with Crippen LogP contribution in [0.25, 0.3) is 11.2 Å². The summed E-state index contributed by atoms with van der Waals surface area (Å²) in [5, 5.41) is 44.2. The number of nitrogens with two attached hydrogens (primary N) is 4. The minimum absolute atomic E-state index is 0.00506. The van der Waals surface area contributed by atoms with Gasteiger partial charge in [0.1, 0.15) is 48.3 Å². The molecule has 0 spiro atoms. The maximum atomic E-state index is 11.3. The molecule has 2 fully saturated rings. The first kappa shape index (κ1) is 46.3. The molecule has 0 radical (unpaired) electrons. The number of nitroso groups, excluding NO2 is 1. The van der Waals surface area contributed by atoms with Crippen molar-refractivity contribution in [3.8, 4) is 0 Å². The molecular formula is C33H58N14O8S. The van der Waals surface area contributed by atoms with Crippen molar-refractivity contribution >= 4 is 52.0 Å². The number of imidazole rings is 1. The van der Waals surface area contributed by atoms with Crippen LogP contribution in [-0.4, -0.2) is 163 Å². The number of carboxylic acids is 1. The van der Waals surface area contributed by atoms with Gasteiger partial charge in [0.15, 0.2) is 29.3 Å². The smallest absolute Gasteiger partial charge is 0.320 e. The van der Waals surface area contributed by atoms with Crippen LogP contribution >= 0.6 is 11.8 Å². The van der Waals surface area contributed by atoms with Crippen LogP contribution in [0.3, 0.4) is 0 Å². The highest BCUT2D eigenvalue weighted by Crippen LogP contribution is 2.36. The number of aliphatic hydroxyl groups excluding tert-OH is 3. The summed E-state index contributed by atoms with van der Waals surface area (Å²) in [5.41, 5.74) is 24.2. The Bertz CT molecular complexity index is 1640. The van der Waals surface area contributed by atoms with Crippen molar-refractivity contribution in [1.29, 1.82) is 0 Å². The van der Waals surface area contributed by atoms with Crippen molar-refractivity contribution in [3.63, 3.8) is 0 Å². The van der Waals surface area contributed by atoms with Crippen LogP contribution in [0.15, 0.2) is 24.2 Å². The number of aromatic nitrogens is 6. The first-order valence-electron chi connectivity index (χ1n) is 18.2. The lowest BCUT2D eigenvalue weighted by Gasteiger charge is -2.32. The first-order chi connectivity index (χ1) is 26.9. The molecule has 3 aromatic heterocycles. The normalized spacial score (nSPS) is 22.1. The average Bonchev–Trinajstić information content (AvgIpc) is 3.94. The maximum Gasteiger partial charge on any atom is 0.320 e. The standard InChI is InChI=1S/C18H35N7O4.C14H19N7O3S.CH4O/c1-4-6-25(7-5-13(19)18(27)28)9-12(10-29-3)8-14(26)24(2)17-15(20)16(21)22-11-23-17;15-12-10-13(18-5-17-12)21(6-19-10)14-11(22)9(20-23)8(24-14)4-25-7-1-2-16-3-7;1-2/h11-14,26H,4-10,19-20H2,1-3H3,(H,27,28)(H2,21,22,23);5-9,11,14,16,22H,1-4H2,(H2,15,17,18);2H,1H3. The van der Waals surface area contributed by atoms with Crippen molar-refractivity contribution in [2.24, 2.45) is 16.8 Å². The third kappa shape index (κ3) is 12.5. The fourth-order valence-corrected chi connectivity index (χ4v) is 7.67. The van der Waals surface area contributed by atoms with E-state index in [2.05, 4.69) is 47.2 Å². The van der Waals surface area contributed by atoms with Crippen molar-refractivity contribution < 1.29 is 34.7 Å². The van der Waals surface area contributed by atoms with E-state index >= 15 is 0 Å². The highest BCUT2D eigenvalue weighted by molar-refractivity contribution is 8.00. The molecule has 3 aromatic rings. The number of ether oxygens (including phenoxy) is 2. The predicted molar refractivity (Wildman–Crippen MR) is 213 cm³/mol. The first-order valence-corrected chi connectivity index (χ1v) is 19.3.